The zero-order valence-electron chi connectivity index (χ0n) is 29.6. The van der Waals surface area contributed by atoms with Crippen LogP contribution >= 0.6 is 0 Å². The van der Waals surface area contributed by atoms with Crippen molar-refractivity contribution in [1.82, 2.24) is 14.5 Å². The van der Waals surface area contributed by atoms with Gasteiger partial charge in [-0.1, -0.05) is 123 Å². The topological polar surface area (TPSA) is 53.1 Å². The van der Waals surface area contributed by atoms with Gasteiger partial charge in [0.1, 0.15) is 22.4 Å². The molecule has 0 saturated carbocycles. The van der Waals surface area contributed by atoms with E-state index in [2.05, 4.69) is 158 Å². The average Bonchev–Trinajstić information content (AvgIpc) is 3.76. The predicted octanol–water partition coefficient (Wildman–Crippen LogP) is 13.0. The van der Waals surface area contributed by atoms with Crippen LogP contribution < -0.4 is 4.74 Å². The van der Waals surface area contributed by atoms with Crippen molar-refractivity contribution in [1.29, 1.82) is 0 Å². The minimum absolute atomic E-state index is 0.337. The lowest BCUT2D eigenvalue weighted by Gasteiger charge is -2.36. The Morgan fingerprint density at radius 3 is 2.15 bits per heavy atom. The lowest BCUT2D eigenvalue weighted by molar-refractivity contribution is 0.424. The van der Waals surface area contributed by atoms with E-state index in [-0.39, 0.29) is 5.41 Å². The molecule has 0 N–H and O–H groups in total. The van der Waals surface area contributed by atoms with Crippen LogP contribution in [-0.4, -0.2) is 14.5 Å². The molecule has 0 unspecified atom stereocenters. The number of fused-ring (bicyclic) bond motifs is 15. The van der Waals surface area contributed by atoms with Crippen LogP contribution in [0.1, 0.15) is 25.0 Å². The molecule has 11 aromatic rings. The van der Waals surface area contributed by atoms with Crippen LogP contribution in [0.5, 0.6) is 11.5 Å². The predicted molar refractivity (Wildman–Crippen MR) is 220 cm³/mol. The molecular formula is C49H31N3O2. The number of hydrogen-bond acceptors (Lipinski definition) is 4. The smallest absolute Gasteiger partial charge is 0.235 e. The van der Waals surface area contributed by atoms with E-state index in [0.29, 0.717) is 5.95 Å². The third-order valence-corrected chi connectivity index (χ3v) is 11.6. The monoisotopic (exact) mass is 693 g/mol. The molecule has 0 saturated heterocycles. The summed E-state index contributed by atoms with van der Waals surface area (Å²) in [5.41, 5.74) is 8.45. The molecule has 0 aliphatic carbocycles. The quantitative estimate of drug-likeness (QED) is 0.169. The van der Waals surface area contributed by atoms with Crippen molar-refractivity contribution in [3.05, 3.63) is 163 Å². The lowest BCUT2D eigenvalue weighted by Crippen LogP contribution is -2.25. The number of para-hydroxylation sites is 3. The Morgan fingerprint density at radius 1 is 0.556 bits per heavy atom. The number of rotatable bonds is 2. The molecule has 54 heavy (non-hydrogen) atoms. The first-order chi connectivity index (χ1) is 26.5. The highest BCUT2D eigenvalue weighted by Gasteiger charge is 2.39. The minimum Gasteiger partial charge on any atom is -0.456 e. The van der Waals surface area contributed by atoms with Gasteiger partial charge in [-0.3, -0.25) is 4.57 Å². The Bertz CT molecular complexity index is 3410. The molecule has 12 rings (SSSR count). The maximum atomic E-state index is 7.08. The molecule has 1 aliphatic rings. The molecule has 0 radical (unpaired) electrons. The first kappa shape index (κ1) is 29.6. The van der Waals surface area contributed by atoms with E-state index in [0.717, 1.165) is 93.7 Å². The summed E-state index contributed by atoms with van der Waals surface area (Å²) in [5.74, 6) is 2.31. The molecule has 5 nitrogen and oxygen atoms in total. The fraction of sp³-hybridized carbons (Fsp3) is 0.0612. The summed E-state index contributed by atoms with van der Waals surface area (Å²) in [7, 11) is 0. The van der Waals surface area contributed by atoms with Crippen molar-refractivity contribution in [2.75, 3.05) is 0 Å². The molecule has 5 heteroatoms. The molecule has 1 aliphatic heterocycles. The molecule has 0 amide bonds. The summed E-state index contributed by atoms with van der Waals surface area (Å²) >= 11 is 0. The molecule has 0 atom stereocenters. The van der Waals surface area contributed by atoms with Gasteiger partial charge in [0.25, 0.3) is 0 Å². The van der Waals surface area contributed by atoms with Gasteiger partial charge in [-0.05, 0) is 64.0 Å². The Balaban J connectivity index is 1.25. The summed E-state index contributed by atoms with van der Waals surface area (Å²) in [6.07, 6.45) is 0. The molecule has 0 spiro atoms. The lowest BCUT2D eigenvalue weighted by atomic mass is 9.73. The Kier molecular flexibility index (Phi) is 5.78. The van der Waals surface area contributed by atoms with E-state index < -0.39 is 0 Å². The summed E-state index contributed by atoms with van der Waals surface area (Å²) < 4.78 is 15.6. The van der Waals surface area contributed by atoms with Gasteiger partial charge >= 0.3 is 0 Å². The van der Waals surface area contributed by atoms with Crippen LogP contribution in [0.2, 0.25) is 0 Å². The highest BCUT2D eigenvalue weighted by molar-refractivity contribution is 6.24. The van der Waals surface area contributed by atoms with Crippen molar-refractivity contribution in [2.45, 2.75) is 19.3 Å². The second-order valence-corrected chi connectivity index (χ2v) is 14.9. The molecule has 0 fully saturated rings. The zero-order chi connectivity index (χ0) is 35.7. The van der Waals surface area contributed by atoms with Gasteiger partial charge in [-0.15, -0.1) is 0 Å². The average molecular weight is 694 g/mol. The number of ether oxygens (including phenoxy) is 1. The maximum absolute atomic E-state index is 7.08. The van der Waals surface area contributed by atoms with Crippen molar-refractivity contribution in [3.8, 4) is 28.7 Å². The molecular weight excluding hydrogens is 663 g/mol. The number of aromatic nitrogens is 3. The van der Waals surface area contributed by atoms with Gasteiger partial charge in [0, 0.05) is 49.0 Å². The number of nitrogens with zero attached hydrogens (tertiary/aromatic N) is 3. The van der Waals surface area contributed by atoms with Crippen LogP contribution in [0, 0.1) is 0 Å². The van der Waals surface area contributed by atoms with E-state index in [9.17, 15) is 0 Å². The van der Waals surface area contributed by atoms with Crippen LogP contribution in [-0.2, 0) is 5.41 Å². The van der Waals surface area contributed by atoms with E-state index in [4.69, 9.17) is 19.1 Å². The fourth-order valence-electron chi connectivity index (χ4n) is 9.20. The van der Waals surface area contributed by atoms with Gasteiger partial charge in [0.05, 0.1) is 16.7 Å². The van der Waals surface area contributed by atoms with Crippen LogP contribution in [0.4, 0.5) is 0 Å². The van der Waals surface area contributed by atoms with E-state index in [1.165, 1.54) is 16.3 Å². The van der Waals surface area contributed by atoms with Gasteiger partial charge in [-0.25, -0.2) is 9.97 Å². The Labute approximate surface area is 309 Å². The van der Waals surface area contributed by atoms with Crippen LogP contribution in [0.3, 0.4) is 0 Å². The van der Waals surface area contributed by atoms with Crippen molar-refractivity contribution in [2.24, 2.45) is 0 Å². The maximum Gasteiger partial charge on any atom is 0.235 e. The van der Waals surface area contributed by atoms with Crippen molar-refractivity contribution in [3.63, 3.8) is 0 Å². The summed E-state index contributed by atoms with van der Waals surface area (Å²) in [4.78, 5) is 11.1. The van der Waals surface area contributed by atoms with Gasteiger partial charge in [0.15, 0.2) is 5.75 Å². The normalized spacial score (nSPS) is 13.7. The SMILES string of the molecule is CC1(C)c2ccccc2Oc2c1c1ccccc1c1c3ccccc3n(-c3nc(-c4ccc5oc6ccccc6c5c4)c4c(ccc5ccccc54)n3)c21. The third-order valence-electron chi connectivity index (χ3n) is 11.6. The first-order valence-electron chi connectivity index (χ1n) is 18.4. The number of hydrogen-bond donors (Lipinski definition) is 0. The number of benzene rings is 8. The second kappa shape index (κ2) is 10.6. The van der Waals surface area contributed by atoms with Gasteiger partial charge in [-0.2, -0.15) is 0 Å². The summed E-state index contributed by atoms with van der Waals surface area (Å²) in [6, 6.07) is 53.2. The summed E-state index contributed by atoms with van der Waals surface area (Å²) in [6.45, 7) is 4.62. The van der Waals surface area contributed by atoms with Gasteiger partial charge in [0.2, 0.25) is 5.95 Å². The van der Waals surface area contributed by atoms with Crippen LogP contribution in [0.15, 0.2) is 156 Å². The minimum atomic E-state index is -0.337. The third kappa shape index (κ3) is 3.88. The first-order valence-corrected chi connectivity index (χ1v) is 18.4. The summed E-state index contributed by atoms with van der Waals surface area (Å²) in [5, 5.41) is 10.0. The largest absolute Gasteiger partial charge is 0.456 e. The van der Waals surface area contributed by atoms with E-state index in [1.54, 1.807) is 0 Å². The molecule has 8 aromatic carbocycles. The number of furan rings is 1. The highest BCUT2D eigenvalue weighted by Crippen LogP contribution is 2.55. The van der Waals surface area contributed by atoms with Crippen LogP contribution in [0.25, 0.3) is 93.4 Å². The highest BCUT2D eigenvalue weighted by atomic mass is 16.5. The second-order valence-electron chi connectivity index (χ2n) is 14.9. The van der Waals surface area contributed by atoms with E-state index in [1.807, 2.05) is 12.1 Å². The molecule has 4 heterocycles. The zero-order valence-corrected chi connectivity index (χ0v) is 29.6. The van der Waals surface area contributed by atoms with Crippen molar-refractivity contribution < 1.29 is 9.15 Å². The Morgan fingerprint density at radius 2 is 1.26 bits per heavy atom. The fourth-order valence-corrected chi connectivity index (χ4v) is 9.20. The standard InChI is InChI=1S/C49H31N3O2/c1-49(2)36-19-9-12-22-41(36)54-47-44(49)33-17-6-5-16-32(33)42-34-18-7-10-20-38(34)52(46(42)47)48-50-37-25-23-28-13-3-4-14-30(28)43(37)45(51-48)29-24-26-40-35(27-29)31-15-8-11-21-39(31)53-40/h3-27H,1-2H3. The Hall–Kier alpha value is -6.98. The van der Waals surface area contributed by atoms with E-state index >= 15 is 0 Å². The molecule has 0 bridgehead atoms. The van der Waals surface area contributed by atoms with Crippen molar-refractivity contribution >= 4 is 76.2 Å². The molecule has 3 aromatic heterocycles. The molecule has 254 valence electrons. The van der Waals surface area contributed by atoms with Gasteiger partial charge < -0.3 is 9.15 Å².